The van der Waals surface area contributed by atoms with Gasteiger partial charge in [0.1, 0.15) is 9.48 Å². The average molecular weight is 261 g/mol. The molecule has 1 aliphatic rings. The van der Waals surface area contributed by atoms with Crippen molar-refractivity contribution >= 4 is 33.2 Å². The Morgan fingerprint density at radius 3 is 3.00 bits per heavy atom. The van der Waals surface area contributed by atoms with Gasteiger partial charge in [0, 0.05) is 6.04 Å². The van der Waals surface area contributed by atoms with E-state index >= 15 is 0 Å². The van der Waals surface area contributed by atoms with E-state index in [4.69, 9.17) is 0 Å². The van der Waals surface area contributed by atoms with Gasteiger partial charge in [0.05, 0.1) is 5.51 Å². The van der Waals surface area contributed by atoms with Crippen molar-refractivity contribution in [2.45, 2.75) is 19.4 Å². The molecule has 13 heavy (non-hydrogen) atoms. The van der Waals surface area contributed by atoms with Gasteiger partial charge in [-0.3, -0.25) is 4.79 Å². The minimum Gasteiger partial charge on any atom is -0.348 e. The number of halogens is 1. The van der Waals surface area contributed by atoms with Crippen LogP contribution in [0.15, 0.2) is 10.1 Å². The van der Waals surface area contributed by atoms with Crippen LogP contribution in [0.3, 0.4) is 0 Å². The van der Waals surface area contributed by atoms with Crippen LogP contribution in [0.2, 0.25) is 0 Å². The third-order valence-electron chi connectivity index (χ3n) is 2.16. The standard InChI is InChI=1S/C8H9BrN2OS/c1-4-2-5(4)11-8(12)6-7(9)10-3-13-6/h3-5H,2H2,1H3,(H,11,12). The van der Waals surface area contributed by atoms with Crippen molar-refractivity contribution in [2.24, 2.45) is 5.92 Å². The molecule has 0 spiro atoms. The van der Waals surface area contributed by atoms with Gasteiger partial charge in [-0.15, -0.1) is 11.3 Å². The molecule has 3 nitrogen and oxygen atoms in total. The zero-order valence-electron chi connectivity index (χ0n) is 7.08. The highest BCUT2D eigenvalue weighted by molar-refractivity contribution is 9.10. The van der Waals surface area contributed by atoms with E-state index in [9.17, 15) is 4.79 Å². The van der Waals surface area contributed by atoms with Gasteiger partial charge >= 0.3 is 0 Å². The molecule has 1 N–H and O–H groups in total. The molecule has 0 radical (unpaired) electrons. The first-order chi connectivity index (χ1) is 6.18. The molecule has 5 heteroatoms. The third-order valence-corrected chi connectivity index (χ3v) is 3.85. The van der Waals surface area contributed by atoms with E-state index in [1.54, 1.807) is 5.51 Å². The lowest BCUT2D eigenvalue weighted by Gasteiger charge is -2.00. The highest BCUT2D eigenvalue weighted by Crippen LogP contribution is 2.30. The molecule has 0 aromatic carbocycles. The number of aromatic nitrogens is 1. The average Bonchev–Trinajstić information content (AvgIpc) is 2.62. The predicted octanol–water partition coefficient (Wildman–Crippen LogP) is 2.04. The van der Waals surface area contributed by atoms with Crippen LogP contribution in [0, 0.1) is 5.92 Å². The second kappa shape index (κ2) is 3.38. The molecular weight excluding hydrogens is 252 g/mol. The zero-order valence-corrected chi connectivity index (χ0v) is 9.48. The number of carbonyl (C=O) groups is 1. The van der Waals surface area contributed by atoms with Crippen LogP contribution in [-0.2, 0) is 0 Å². The Morgan fingerprint density at radius 1 is 1.85 bits per heavy atom. The van der Waals surface area contributed by atoms with Crippen molar-refractivity contribution in [3.8, 4) is 0 Å². The zero-order chi connectivity index (χ0) is 9.42. The fraction of sp³-hybridized carbons (Fsp3) is 0.500. The molecular formula is C8H9BrN2OS. The minimum absolute atomic E-state index is 0.0104. The van der Waals surface area contributed by atoms with Gasteiger partial charge < -0.3 is 5.32 Å². The van der Waals surface area contributed by atoms with Gasteiger partial charge in [0.25, 0.3) is 5.91 Å². The van der Waals surface area contributed by atoms with Crippen LogP contribution in [0.1, 0.15) is 23.0 Å². The van der Waals surface area contributed by atoms with E-state index in [0.717, 1.165) is 6.42 Å². The summed E-state index contributed by atoms with van der Waals surface area (Å²) in [5, 5.41) is 2.95. The quantitative estimate of drug-likeness (QED) is 0.885. The smallest absolute Gasteiger partial charge is 0.264 e. The minimum atomic E-state index is -0.0104. The van der Waals surface area contributed by atoms with Crippen LogP contribution in [0.25, 0.3) is 0 Å². The Kier molecular flexibility index (Phi) is 2.38. The van der Waals surface area contributed by atoms with E-state index in [-0.39, 0.29) is 5.91 Å². The summed E-state index contributed by atoms with van der Waals surface area (Å²) in [6.07, 6.45) is 1.10. The molecule has 1 aliphatic carbocycles. The van der Waals surface area contributed by atoms with Crippen LogP contribution < -0.4 is 5.32 Å². The van der Waals surface area contributed by atoms with E-state index in [1.165, 1.54) is 11.3 Å². The van der Waals surface area contributed by atoms with Crippen LogP contribution in [0.5, 0.6) is 0 Å². The summed E-state index contributed by atoms with van der Waals surface area (Å²) >= 11 is 4.59. The number of nitrogens with zero attached hydrogens (tertiary/aromatic N) is 1. The van der Waals surface area contributed by atoms with Crippen LogP contribution in [0.4, 0.5) is 0 Å². The number of rotatable bonds is 2. The van der Waals surface area contributed by atoms with Gasteiger partial charge in [-0.2, -0.15) is 0 Å². The fourth-order valence-electron chi connectivity index (χ4n) is 1.14. The van der Waals surface area contributed by atoms with Gasteiger partial charge in [-0.25, -0.2) is 4.98 Å². The molecule has 2 atom stereocenters. The first kappa shape index (κ1) is 9.15. The molecule has 1 aromatic rings. The molecule has 0 aliphatic heterocycles. The Bertz CT molecular complexity index is 339. The summed E-state index contributed by atoms with van der Waals surface area (Å²) < 4.78 is 0.642. The lowest BCUT2D eigenvalue weighted by atomic mass is 10.4. The summed E-state index contributed by atoms with van der Waals surface area (Å²) in [6.45, 7) is 2.13. The molecule has 0 saturated heterocycles. The number of nitrogens with one attached hydrogen (secondary N) is 1. The summed E-state index contributed by atoms with van der Waals surface area (Å²) in [6, 6.07) is 0.376. The second-order valence-electron chi connectivity index (χ2n) is 3.27. The number of thiazole rings is 1. The summed E-state index contributed by atoms with van der Waals surface area (Å²) in [4.78, 5) is 16.2. The van der Waals surface area contributed by atoms with E-state index in [1.807, 2.05) is 0 Å². The van der Waals surface area contributed by atoms with Crippen LogP contribution >= 0.6 is 27.3 Å². The topological polar surface area (TPSA) is 42.0 Å². The van der Waals surface area contributed by atoms with Crippen molar-refractivity contribution in [2.75, 3.05) is 0 Å². The molecule has 1 aromatic heterocycles. The Balaban J connectivity index is 2.01. The Labute approximate surface area is 88.7 Å². The highest BCUT2D eigenvalue weighted by Gasteiger charge is 2.34. The summed E-state index contributed by atoms with van der Waals surface area (Å²) in [5.74, 6) is 0.624. The van der Waals surface area contributed by atoms with Gasteiger partial charge in [0.15, 0.2) is 0 Å². The Morgan fingerprint density at radius 2 is 2.54 bits per heavy atom. The van der Waals surface area contributed by atoms with E-state index < -0.39 is 0 Å². The van der Waals surface area contributed by atoms with E-state index in [2.05, 4.69) is 33.2 Å². The fourth-order valence-corrected chi connectivity index (χ4v) is 2.41. The molecule has 1 amide bonds. The highest BCUT2D eigenvalue weighted by atomic mass is 79.9. The van der Waals surface area contributed by atoms with Crippen molar-refractivity contribution in [3.63, 3.8) is 0 Å². The summed E-state index contributed by atoms with van der Waals surface area (Å²) in [7, 11) is 0. The van der Waals surface area contributed by atoms with Crippen molar-refractivity contribution in [3.05, 3.63) is 15.0 Å². The maximum absolute atomic E-state index is 11.6. The predicted molar refractivity (Wildman–Crippen MR) is 54.8 cm³/mol. The molecule has 70 valence electrons. The first-order valence-electron chi connectivity index (χ1n) is 4.08. The first-order valence-corrected chi connectivity index (χ1v) is 5.75. The second-order valence-corrected chi connectivity index (χ2v) is 4.87. The molecule has 2 unspecified atom stereocenters. The largest absolute Gasteiger partial charge is 0.348 e. The molecule has 1 heterocycles. The van der Waals surface area contributed by atoms with Crippen molar-refractivity contribution in [1.29, 1.82) is 0 Å². The molecule has 1 saturated carbocycles. The normalized spacial score (nSPS) is 25.7. The number of amides is 1. The van der Waals surface area contributed by atoms with E-state index in [0.29, 0.717) is 21.4 Å². The number of hydrogen-bond acceptors (Lipinski definition) is 3. The van der Waals surface area contributed by atoms with Gasteiger partial charge in [-0.05, 0) is 28.3 Å². The number of carbonyl (C=O) groups excluding carboxylic acids is 1. The lowest BCUT2D eigenvalue weighted by Crippen LogP contribution is -2.25. The third kappa shape index (κ3) is 1.91. The number of hydrogen-bond donors (Lipinski definition) is 1. The maximum atomic E-state index is 11.6. The van der Waals surface area contributed by atoms with Crippen molar-refractivity contribution in [1.82, 2.24) is 10.3 Å². The Hall–Kier alpha value is -0.420. The molecule has 0 bridgehead atoms. The van der Waals surface area contributed by atoms with Gasteiger partial charge in [-0.1, -0.05) is 6.92 Å². The lowest BCUT2D eigenvalue weighted by molar-refractivity contribution is 0.0952. The van der Waals surface area contributed by atoms with Crippen molar-refractivity contribution < 1.29 is 4.79 Å². The molecule has 1 fully saturated rings. The molecule has 2 rings (SSSR count). The van der Waals surface area contributed by atoms with Crippen LogP contribution in [-0.4, -0.2) is 16.9 Å². The monoisotopic (exact) mass is 260 g/mol. The SMILES string of the molecule is CC1CC1NC(=O)c1scnc1Br. The van der Waals surface area contributed by atoms with Gasteiger partial charge in [0.2, 0.25) is 0 Å². The summed E-state index contributed by atoms with van der Waals surface area (Å²) in [5.41, 5.74) is 1.66. The maximum Gasteiger partial charge on any atom is 0.264 e.